The SMILES string of the molecule is CN(C)[C@H]1CCN(c2c(Cl)cccc2C=O)C1. The predicted molar refractivity (Wildman–Crippen MR) is 71.1 cm³/mol. The molecule has 2 rings (SSSR count). The topological polar surface area (TPSA) is 23.6 Å². The molecule has 0 unspecified atom stereocenters. The van der Waals surface area contributed by atoms with Crippen LogP contribution in [0.15, 0.2) is 18.2 Å². The number of para-hydroxylation sites is 1. The Morgan fingerprint density at radius 2 is 2.24 bits per heavy atom. The summed E-state index contributed by atoms with van der Waals surface area (Å²) in [5.74, 6) is 0. The molecule has 1 aliphatic heterocycles. The minimum absolute atomic E-state index is 0.533. The smallest absolute Gasteiger partial charge is 0.152 e. The van der Waals surface area contributed by atoms with Crippen molar-refractivity contribution in [1.82, 2.24) is 4.90 Å². The molecule has 0 aliphatic carbocycles. The zero-order valence-corrected chi connectivity index (χ0v) is 10.9. The third-order valence-corrected chi connectivity index (χ3v) is 3.66. The van der Waals surface area contributed by atoms with Crippen LogP contribution in [0.5, 0.6) is 0 Å². The molecule has 1 saturated heterocycles. The normalized spacial score (nSPS) is 20.0. The average molecular weight is 253 g/mol. The molecule has 1 aromatic rings. The number of carbonyl (C=O) groups excluding carboxylic acids is 1. The maximum atomic E-state index is 11.1. The molecule has 92 valence electrons. The number of benzene rings is 1. The standard InChI is InChI=1S/C13H17ClN2O/c1-15(2)11-6-7-16(8-11)13-10(9-17)4-3-5-12(13)14/h3-5,9,11H,6-8H2,1-2H3/t11-/m0/s1. The first-order valence-electron chi connectivity index (χ1n) is 5.78. The van der Waals surface area contributed by atoms with Gasteiger partial charge in [-0.1, -0.05) is 17.7 Å². The van der Waals surface area contributed by atoms with Gasteiger partial charge in [0.15, 0.2) is 6.29 Å². The number of carbonyl (C=O) groups is 1. The first-order valence-corrected chi connectivity index (χ1v) is 6.16. The Kier molecular flexibility index (Phi) is 3.69. The summed E-state index contributed by atoms with van der Waals surface area (Å²) in [6.07, 6.45) is 1.99. The minimum Gasteiger partial charge on any atom is -0.368 e. The van der Waals surface area contributed by atoms with E-state index in [2.05, 4.69) is 23.9 Å². The Balaban J connectivity index is 2.27. The predicted octanol–water partition coefficient (Wildman–Crippen LogP) is 2.29. The van der Waals surface area contributed by atoms with Crippen molar-refractivity contribution in [3.8, 4) is 0 Å². The van der Waals surface area contributed by atoms with E-state index in [1.807, 2.05) is 18.2 Å². The van der Waals surface area contributed by atoms with Crippen LogP contribution >= 0.6 is 11.6 Å². The van der Waals surface area contributed by atoms with Gasteiger partial charge in [-0.3, -0.25) is 4.79 Å². The largest absolute Gasteiger partial charge is 0.368 e. The number of likely N-dealkylation sites (N-methyl/N-ethyl adjacent to an activating group) is 1. The maximum Gasteiger partial charge on any atom is 0.152 e. The van der Waals surface area contributed by atoms with E-state index >= 15 is 0 Å². The minimum atomic E-state index is 0.533. The molecule has 1 heterocycles. The van der Waals surface area contributed by atoms with Gasteiger partial charge in [0, 0.05) is 24.7 Å². The van der Waals surface area contributed by atoms with Gasteiger partial charge in [-0.2, -0.15) is 0 Å². The van der Waals surface area contributed by atoms with Gasteiger partial charge < -0.3 is 9.80 Å². The summed E-state index contributed by atoms with van der Waals surface area (Å²) in [6.45, 7) is 1.88. The van der Waals surface area contributed by atoms with Gasteiger partial charge >= 0.3 is 0 Å². The molecule has 0 amide bonds. The van der Waals surface area contributed by atoms with Crippen molar-refractivity contribution in [3.05, 3.63) is 28.8 Å². The Morgan fingerprint density at radius 3 is 2.82 bits per heavy atom. The van der Waals surface area contributed by atoms with Crippen LogP contribution < -0.4 is 4.90 Å². The fourth-order valence-corrected chi connectivity index (χ4v) is 2.63. The highest BCUT2D eigenvalue weighted by Gasteiger charge is 2.26. The molecule has 4 heteroatoms. The molecule has 1 aliphatic rings. The lowest BCUT2D eigenvalue weighted by molar-refractivity contribution is 0.112. The van der Waals surface area contributed by atoms with Crippen LogP contribution in [0.3, 0.4) is 0 Å². The fourth-order valence-electron chi connectivity index (χ4n) is 2.33. The molecular formula is C13H17ClN2O. The molecule has 0 aromatic heterocycles. The van der Waals surface area contributed by atoms with Crippen LogP contribution in [0.4, 0.5) is 5.69 Å². The van der Waals surface area contributed by atoms with E-state index in [1.165, 1.54) is 0 Å². The Morgan fingerprint density at radius 1 is 1.47 bits per heavy atom. The van der Waals surface area contributed by atoms with Gasteiger partial charge in [0.2, 0.25) is 0 Å². The molecule has 0 bridgehead atoms. The second-order valence-corrected chi connectivity index (χ2v) is 5.05. The molecule has 0 N–H and O–H groups in total. The van der Waals surface area contributed by atoms with E-state index in [0.29, 0.717) is 16.6 Å². The highest BCUT2D eigenvalue weighted by molar-refractivity contribution is 6.33. The van der Waals surface area contributed by atoms with Gasteiger partial charge in [0.25, 0.3) is 0 Å². The van der Waals surface area contributed by atoms with Crippen LogP contribution in [0, 0.1) is 0 Å². The monoisotopic (exact) mass is 252 g/mol. The van der Waals surface area contributed by atoms with Gasteiger partial charge in [-0.05, 0) is 32.6 Å². The van der Waals surface area contributed by atoms with E-state index in [0.717, 1.165) is 31.5 Å². The first kappa shape index (κ1) is 12.4. The van der Waals surface area contributed by atoms with Crippen molar-refractivity contribution in [1.29, 1.82) is 0 Å². The summed E-state index contributed by atoms with van der Waals surface area (Å²) in [5, 5.41) is 0.661. The number of hydrogen-bond donors (Lipinski definition) is 0. The van der Waals surface area contributed by atoms with Gasteiger partial charge in [0.05, 0.1) is 10.7 Å². The van der Waals surface area contributed by atoms with E-state index in [4.69, 9.17) is 11.6 Å². The van der Waals surface area contributed by atoms with Crippen LogP contribution in [0.2, 0.25) is 5.02 Å². The summed E-state index contributed by atoms with van der Waals surface area (Å²) < 4.78 is 0. The fraction of sp³-hybridized carbons (Fsp3) is 0.462. The maximum absolute atomic E-state index is 11.1. The van der Waals surface area contributed by atoms with Gasteiger partial charge in [0.1, 0.15) is 0 Å². The van der Waals surface area contributed by atoms with E-state index < -0.39 is 0 Å². The molecule has 1 fully saturated rings. The van der Waals surface area contributed by atoms with Crippen molar-refractivity contribution in [2.75, 3.05) is 32.1 Å². The molecule has 3 nitrogen and oxygen atoms in total. The molecule has 1 aromatic carbocycles. The Labute approximate surface area is 107 Å². The van der Waals surface area contributed by atoms with Crippen molar-refractivity contribution in [2.45, 2.75) is 12.5 Å². The second kappa shape index (κ2) is 5.07. The summed E-state index contributed by atoms with van der Waals surface area (Å²) in [7, 11) is 4.17. The van der Waals surface area contributed by atoms with Crippen molar-refractivity contribution < 1.29 is 4.79 Å². The Hall–Kier alpha value is -1.06. The molecule has 1 atom stereocenters. The third kappa shape index (κ3) is 2.45. The quantitative estimate of drug-likeness (QED) is 0.772. The number of hydrogen-bond acceptors (Lipinski definition) is 3. The Bertz CT molecular complexity index is 420. The third-order valence-electron chi connectivity index (χ3n) is 3.35. The lowest BCUT2D eigenvalue weighted by Crippen LogP contribution is -2.31. The lowest BCUT2D eigenvalue weighted by atomic mass is 10.2. The van der Waals surface area contributed by atoms with Crippen LogP contribution in [-0.4, -0.2) is 44.4 Å². The van der Waals surface area contributed by atoms with Gasteiger partial charge in [-0.15, -0.1) is 0 Å². The number of nitrogens with zero attached hydrogens (tertiary/aromatic N) is 2. The zero-order valence-electron chi connectivity index (χ0n) is 10.2. The van der Waals surface area contributed by atoms with E-state index in [1.54, 1.807) is 0 Å². The number of rotatable bonds is 3. The molecular weight excluding hydrogens is 236 g/mol. The highest BCUT2D eigenvalue weighted by atomic mass is 35.5. The lowest BCUT2D eigenvalue weighted by Gasteiger charge is -2.23. The van der Waals surface area contributed by atoms with Crippen LogP contribution in [-0.2, 0) is 0 Å². The molecule has 0 radical (unpaired) electrons. The van der Waals surface area contributed by atoms with E-state index in [-0.39, 0.29) is 0 Å². The molecule has 0 spiro atoms. The highest BCUT2D eigenvalue weighted by Crippen LogP contribution is 2.32. The summed E-state index contributed by atoms with van der Waals surface area (Å²) >= 11 is 6.20. The first-order chi connectivity index (χ1) is 8.13. The summed E-state index contributed by atoms with van der Waals surface area (Å²) in [4.78, 5) is 15.5. The van der Waals surface area contributed by atoms with Crippen LogP contribution in [0.25, 0.3) is 0 Å². The second-order valence-electron chi connectivity index (χ2n) is 4.65. The van der Waals surface area contributed by atoms with Crippen molar-refractivity contribution >= 4 is 23.6 Å². The van der Waals surface area contributed by atoms with Gasteiger partial charge in [-0.25, -0.2) is 0 Å². The number of anilines is 1. The number of halogens is 1. The summed E-state index contributed by atoms with van der Waals surface area (Å²) in [6, 6.07) is 6.00. The average Bonchev–Trinajstić information content (AvgIpc) is 2.77. The van der Waals surface area contributed by atoms with Crippen LogP contribution in [0.1, 0.15) is 16.8 Å². The van der Waals surface area contributed by atoms with Crippen molar-refractivity contribution in [2.24, 2.45) is 0 Å². The molecule has 17 heavy (non-hydrogen) atoms. The van der Waals surface area contributed by atoms with E-state index in [9.17, 15) is 4.79 Å². The number of aldehydes is 1. The zero-order chi connectivity index (χ0) is 12.4. The summed E-state index contributed by atoms with van der Waals surface area (Å²) in [5.41, 5.74) is 1.56. The van der Waals surface area contributed by atoms with Crippen molar-refractivity contribution in [3.63, 3.8) is 0 Å². The molecule has 0 saturated carbocycles.